The average Bonchev–Trinajstić information content (AvgIpc) is 2.65. The molecule has 2 aromatic rings. The Hall–Kier alpha value is -2.61. The first-order valence-electron chi connectivity index (χ1n) is 8.74. The molecule has 0 radical (unpaired) electrons. The highest BCUT2D eigenvalue weighted by Crippen LogP contribution is 2.13. The number of nitrogens with one attached hydrogen (secondary N) is 2. The van der Waals surface area contributed by atoms with Crippen LogP contribution in [0.5, 0.6) is 0 Å². The van der Waals surface area contributed by atoms with Crippen molar-refractivity contribution in [2.24, 2.45) is 5.22 Å². The molecule has 8 heteroatoms. The van der Waals surface area contributed by atoms with Crippen molar-refractivity contribution in [3.05, 3.63) is 64.4 Å². The van der Waals surface area contributed by atoms with Crippen LogP contribution in [0.2, 0.25) is 0 Å². The highest BCUT2D eigenvalue weighted by molar-refractivity contribution is 9.10. The van der Waals surface area contributed by atoms with Gasteiger partial charge in [0.2, 0.25) is 5.91 Å². The molecule has 1 aromatic heterocycles. The molecule has 1 heterocycles. The van der Waals surface area contributed by atoms with E-state index in [-0.39, 0.29) is 12.3 Å². The fourth-order valence-electron chi connectivity index (χ4n) is 2.49. The van der Waals surface area contributed by atoms with E-state index in [0.717, 1.165) is 35.0 Å². The van der Waals surface area contributed by atoms with E-state index in [2.05, 4.69) is 36.7 Å². The Morgan fingerprint density at radius 1 is 1.30 bits per heavy atom. The molecule has 142 valence electrons. The Labute approximate surface area is 167 Å². The lowest BCUT2D eigenvalue weighted by Crippen LogP contribution is -2.16. The number of carbonyl (C=O) groups is 1. The largest absolute Gasteiger partial charge is 0.309 e. The fourth-order valence-corrected chi connectivity index (χ4v) is 2.94. The summed E-state index contributed by atoms with van der Waals surface area (Å²) in [5.41, 5.74) is 8.87. The number of anilines is 1. The van der Waals surface area contributed by atoms with E-state index in [4.69, 9.17) is 5.53 Å². The van der Waals surface area contributed by atoms with E-state index < -0.39 is 0 Å². The van der Waals surface area contributed by atoms with Crippen LogP contribution in [0.4, 0.5) is 5.82 Å². The third-order valence-electron chi connectivity index (χ3n) is 3.76. The van der Waals surface area contributed by atoms with E-state index >= 15 is 0 Å². The smallest absolute Gasteiger partial charge is 0.229 e. The van der Waals surface area contributed by atoms with Crippen molar-refractivity contribution < 1.29 is 4.79 Å². The van der Waals surface area contributed by atoms with Crippen LogP contribution in [0.3, 0.4) is 0 Å². The molecule has 2 N–H and O–H groups in total. The van der Waals surface area contributed by atoms with Crippen LogP contribution in [0.1, 0.15) is 31.0 Å². The van der Waals surface area contributed by atoms with E-state index in [1.807, 2.05) is 43.3 Å². The molecule has 0 unspecified atom stereocenters. The van der Waals surface area contributed by atoms with E-state index in [1.165, 1.54) is 0 Å². The minimum absolute atomic E-state index is 0.127. The van der Waals surface area contributed by atoms with Gasteiger partial charge < -0.3 is 5.32 Å². The topological polar surface area (TPSA) is 94.3 Å². The van der Waals surface area contributed by atoms with E-state index in [1.54, 1.807) is 17.3 Å². The molecule has 1 aromatic carbocycles. The van der Waals surface area contributed by atoms with Gasteiger partial charge in [0.25, 0.3) is 0 Å². The average molecular weight is 431 g/mol. The Morgan fingerprint density at radius 2 is 2.15 bits per heavy atom. The highest BCUT2D eigenvalue weighted by atomic mass is 79.9. The summed E-state index contributed by atoms with van der Waals surface area (Å²) >= 11 is 3.40. The predicted octanol–water partition coefficient (Wildman–Crippen LogP) is 4.52. The molecule has 7 nitrogen and oxygen atoms in total. The lowest BCUT2D eigenvalue weighted by atomic mass is 10.1. The molecule has 0 spiro atoms. The van der Waals surface area contributed by atoms with Crippen molar-refractivity contribution in [3.63, 3.8) is 0 Å². The van der Waals surface area contributed by atoms with Crippen molar-refractivity contribution in [1.82, 2.24) is 15.2 Å². The lowest BCUT2D eigenvalue weighted by molar-refractivity contribution is -0.115. The number of amides is 1. The van der Waals surface area contributed by atoms with Crippen molar-refractivity contribution in [1.29, 1.82) is 5.53 Å². The Morgan fingerprint density at radius 3 is 2.81 bits per heavy atom. The fraction of sp³-hybridized carbons (Fsp3) is 0.316. The number of allylic oxidation sites excluding steroid dienone is 1. The normalized spacial score (nSPS) is 10.7. The zero-order valence-corrected chi connectivity index (χ0v) is 16.8. The number of aromatic nitrogens is 2. The maximum absolute atomic E-state index is 12.1. The second-order valence-electron chi connectivity index (χ2n) is 5.97. The molecule has 0 aliphatic carbocycles. The predicted molar refractivity (Wildman–Crippen MR) is 108 cm³/mol. The molecule has 0 aliphatic heterocycles. The van der Waals surface area contributed by atoms with Gasteiger partial charge in [-0.15, -0.1) is 5.10 Å². The van der Waals surface area contributed by atoms with E-state index in [0.29, 0.717) is 12.4 Å². The van der Waals surface area contributed by atoms with Gasteiger partial charge in [0, 0.05) is 17.2 Å². The Balaban J connectivity index is 1.76. The van der Waals surface area contributed by atoms with Crippen molar-refractivity contribution in [2.45, 2.75) is 32.6 Å². The van der Waals surface area contributed by atoms with Crippen LogP contribution in [0.25, 0.3) is 0 Å². The molecule has 0 aliphatic rings. The standard InChI is InChI=1S/C19H23BrN6O/c1-2-11-26(25-21)12-4-3-8-17-9-10-18(24-23-17)22-19(27)14-15-6-5-7-16(20)13-15/h2,5-7,9-11,13,21H,3-4,8,12,14H2,1H3,(H,22,24,27)/b11-2+,25-21?. The molecule has 0 fully saturated rings. The molecular formula is C19H23BrN6O. The van der Waals surface area contributed by atoms with Crippen LogP contribution in [0.15, 0.2) is 58.4 Å². The van der Waals surface area contributed by atoms with Gasteiger partial charge in [-0.25, -0.2) is 0 Å². The van der Waals surface area contributed by atoms with Crippen molar-refractivity contribution >= 4 is 27.7 Å². The first-order chi connectivity index (χ1) is 13.1. The second kappa shape index (κ2) is 11.2. The number of carbonyl (C=O) groups excluding carboxylic acids is 1. The van der Waals surface area contributed by atoms with Crippen molar-refractivity contribution in [3.8, 4) is 0 Å². The van der Waals surface area contributed by atoms with Crippen LogP contribution < -0.4 is 5.32 Å². The van der Waals surface area contributed by atoms with Gasteiger partial charge in [0.05, 0.1) is 12.1 Å². The molecule has 0 bridgehead atoms. The monoisotopic (exact) mass is 430 g/mol. The zero-order valence-electron chi connectivity index (χ0n) is 15.2. The number of benzene rings is 1. The van der Waals surface area contributed by atoms with Gasteiger partial charge in [0.1, 0.15) is 0 Å². The second-order valence-corrected chi connectivity index (χ2v) is 6.88. The number of unbranched alkanes of at least 4 members (excludes halogenated alkanes) is 1. The number of halogens is 1. The molecule has 1 amide bonds. The number of hydrogen-bond acceptors (Lipinski definition) is 5. The first-order valence-corrected chi connectivity index (χ1v) is 9.53. The summed E-state index contributed by atoms with van der Waals surface area (Å²) < 4.78 is 0.946. The summed E-state index contributed by atoms with van der Waals surface area (Å²) in [6, 6.07) is 11.3. The lowest BCUT2D eigenvalue weighted by Gasteiger charge is -2.11. The zero-order chi connectivity index (χ0) is 19.5. The number of aryl methyl sites for hydroxylation is 1. The third-order valence-corrected chi connectivity index (χ3v) is 4.25. The van der Waals surface area contributed by atoms with Gasteiger partial charge >= 0.3 is 0 Å². The van der Waals surface area contributed by atoms with E-state index in [9.17, 15) is 4.79 Å². The first kappa shape index (κ1) is 20.7. The quantitative estimate of drug-likeness (QED) is 0.329. The molecule has 0 atom stereocenters. The minimum atomic E-state index is -0.127. The summed E-state index contributed by atoms with van der Waals surface area (Å²) in [4.78, 5) is 12.1. The summed E-state index contributed by atoms with van der Waals surface area (Å²) in [7, 11) is 0. The van der Waals surface area contributed by atoms with Gasteiger partial charge in [-0.3, -0.25) is 9.80 Å². The number of rotatable bonds is 10. The van der Waals surface area contributed by atoms with Crippen LogP contribution in [-0.4, -0.2) is 27.7 Å². The summed E-state index contributed by atoms with van der Waals surface area (Å²) in [6.07, 6.45) is 6.53. The molecule has 0 saturated carbocycles. The van der Waals surface area contributed by atoms with Crippen molar-refractivity contribution in [2.75, 3.05) is 11.9 Å². The van der Waals surface area contributed by atoms with Crippen LogP contribution in [-0.2, 0) is 17.6 Å². The van der Waals surface area contributed by atoms with Gasteiger partial charge in [-0.05, 0) is 56.0 Å². The summed E-state index contributed by atoms with van der Waals surface area (Å²) in [5, 5.41) is 16.0. The number of hydrogen-bond donors (Lipinski definition) is 2. The highest BCUT2D eigenvalue weighted by Gasteiger charge is 2.06. The Bertz CT molecular complexity index is 778. The molecule has 2 rings (SSSR count). The SMILES string of the molecule is C/C=C/N(CCCCc1ccc(NC(=O)Cc2cccc(Br)c2)nn1)N=N. The minimum Gasteiger partial charge on any atom is -0.309 e. The maximum atomic E-state index is 12.1. The summed E-state index contributed by atoms with van der Waals surface area (Å²) in [5.74, 6) is 0.323. The van der Waals surface area contributed by atoms with Crippen LogP contribution in [0, 0.1) is 5.53 Å². The summed E-state index contributed by atoms with van der Waals surface area (Å²) in [6.45, 7) is 2.60. The van der Waals surface area contributed by atoms with Gasteiger partial charge in [-0.2, -0.15) is 10.6 Å². The molecular weight excluding hydrogens is 408 g/mol. The van der Waals surface area contributed by atoms with Gasteiger partial charge in [-0.1, -0.05) is 39.4 Å². The van der Waals surface area contributed by atoms with Crippen LogP contribution >= 0.6 is 15.9 Å². The molecule has 27 heavy (non-hydrogen) atoms. The third kappa shape index (κ3) is 7.65. The number of nitrogens with zero attached hydrogens (tertiary/aromatic N) is 4. The maximum Gasteiger partial charge on any atom is 0.229 e. The Kier molecular flexibility index (Phi) is 8.57. The van der Waals surface area contributed by atoms with Gasteiger partial charge in [0.15, 0.2) is 5.82 Å². The molecule has 0 saturated heterocycles.